The van der Waals surface area contributed by atoms with Crippen LogP contribution in [0.4, 0.5) is 16.2 Å². The van der Waals surface area contributed by atoms with Crippen LogP contribution in [0.1, 0.15) is 17.0 Å². The standard InChI is InChI=1S/C23H21ClN6O2/c1-14-15(2)29-30(16(14)3)21-11-12-22(28-27-21)32-20-9-7-18(8-10-20)25-23(31)26-19-6-4-5-17(24)13-19/h4-13H,1-3H3,(H2,25,26,31). The predicted molar refractivity (Wildman–Crippen MR) is 124 cm³/mol. The van der Waals surface area contributed by atoms with E-state index in [1.54, 1.807) is 65.3 Å². The third-order valence-corrected chi connectivity index (χ3v) is 5.15. The van der Waals surface area contributed by atoms with Crippen molar-refractivity contribution in [3.05, 3.63) is 82.6 Å². The second kappa shape index (κ2) is 9.07. The van der Waals surface area contributed by atoms with Crippen molar-refractivity contribution in [3.8, 4) is 17.4 Å². The summed E-state index contributed by atoms with van der Waals surface area (Å²) in [4.78, 5) is 12.1. The van der Waals surface area contributed by atoms with E-state index in [-0.39, 0.29) is 6.03 Å². The molecule has 2 aromatic carbocycles. The molecule has 9 heteroatoms. The van der Waals surface area contributed by atoms with Gasteiger partial charge in [-0.2, -0.15) is 5.10 Å². The highest BCUT2D eigenvalue weighted by atomic mass is 35.5. The van der Waals surface area contributed by atoms with E-state index in [2.05, 4.69) is 25.9 Å². The molecule has 0 bridgehead atoms. The summed E-state index contributed by atoms with van der Waals surface area (Å²) >= 11 is 5.93. The molecule has 0 aliphatic heterocycles. The molecule has 0 atom stereocenters. The zero-order chi connectivity index (χ0) is 22.7. The minimum atomic E-state index is -0.373. The number of halogens is 1. The van der Waals surface area contributed by atoms with Gasteiger partial charge in [0.05, 0.1) is 5.69 Å². The zero-order valence-electron chi connectivity index (χ0n) is 17.8. The van der Waals surface area contributed by atoms with Crippen LogP contribution in [0, 0.1) is 20.8 Å². The van der Waals surface area contributed by atoms with Crippen LogP contribution in [-0.4, -0.2) is 26.0 Å². The minimum absolute atomic E-state index is 0.353. The Kier molecular flexibility index (Phi) is 6.04. The maximum Gasteiger partial charge on any atom is 0.323 e. The number of benzene rings is 2. The fraction of sp³-hybridized carbons (Fsp3) is 0.130. The summed E-state index contributed by atoms with van der Waals surface area (Å²) in [5.41, 5.74) is 4.32. The molecule has 2 amide bonds. The Morgan fingerprint density at radius 2 is 1.69 bits per heavy atom. The van der Waals surface area contributed by atoms with Crippen LogP contribution in [0.3, 0.4) is 0 Å². The Hall–Kier alpha value is -3.91. The van der Waals surface area contributed by atoms with Crippen molar-refractivity contribution in [1.29, 1.82) is 0 Å². The molecule has 0 saturated carbocycles. The Bertz CT molecular complexity index is 1250. The fourth-order valence-electron chi connectivity index (χ4n) is 3.01. The summed E-state index contributed by atoms with van der Waals surface area (Å²) in [7, 11) is 0. The number of rotatable bonds is 5. The SMILES string of the molecule is Cc1nn(-c2ccc(Oc3ccc(NC(=O)Nc4cccc(Cl)c4)cc3)nn2)c(C)c1C. The van der Waals surface area contributed by atoms with Crippen LogP contribution in [-0.2, 0) is 0 Å². The van der Waals surface area contributed by atoms with Gasteiger partial charge in [-0.1, -0.05) is 17.7 Å². The minimum Gasteiger partial charge on any atom is -0.438 e. The van der Waals surface area contributed by atoms with Crippen molar-refractivity contribution in [2.75, 3.05) is 10.6 Å². The van der Waals surface area contributed by atoms with Crippen molar-refractivity contribution in [3.63, 3.8) is 0 Å². The third-order valence-electron chi connectivity index (χ3n) is 4.91. The van der Waals surface area contributed by atoms with Gasteiger partial charge in [-0.3, -0.25) is 0 Å². The highest BCUT2D eigenvalue weighted by molar-refractivity contribution is 6.30. The van der Waals surface area contributed by atoms with Gasteiger partial charge in [-0.15, -0.1) is 10.2 Å². The van der Waals surface area contributed by atoms with Crippen LogP contribution in [0.15, 0.2) is 60.7 Å². The highest BCUT2D eigenvalue weighted by Crippen LogP contribution is 2.23. The number of anilines is 2. The molecule has 4 aromatic rings. The molecular formula is C23H21ClN6O2. The van der Waals surface area contributed by atoms with E-state index in [0.717, 1.165) is 17.0 Å². The van der Waals surface area contributed by atoms with E-state index in [0.29, 0.717) is 33.8 Å². The van der Waals surface area contributed by atoms with E-state index >= 15 is 0 Å². The topological polar surface area (TPSA) is 94.0 Å². The van der Waals surface area contributed by atoms with E-state index in [9.17, 15) is 4.79 Å². The summed E-state index contributed by atoms with van der Waals surface area (Å²) < 4.78 is 7.51. The van der Waals surface area contributed by atoms with Crippen molar-refractivity contribution < 1.29 is 9.53 Å². The lowest BCUT2D eigenvalue weighted by atomic mass is 10.2. The van der Waals surface area contributed by atoms with Crippen molar-refractivity contribution in [2.24, 2.45) is 0 Å². The lowest BCUT2D eigenvalue weighted by Crippen LogP contribution is -2.19. The first-order chi connectivity index (χ1) is 15.4. The molecule has 32 heavy (non-hydrogen) atoms. The van der Waals surface area contributed by atoms with Crippen LogP contribution >= 0.6 is 11.6 Å². The number of carbonyl (C=O) groups excluding carboxylic acids is 1. The zero-order valence-corrected chi connectivity index (χ0v) is 18.5. The number of aryl methyl sites for hydroxylation is 1. The summed E-state index contributed by atoms with van der Waals surface area (Å²) in [5.74, 6) is 1.54. The number of amides is 2. The van der Waals surface area contributed by atoms with Gasteiger partial charge in [0.15, 0.2) is 5.82 Å². The number of nitrogens with zero attached hydrogens (tertiary/aromatic N) is 4. The smallest absolute Gasteiger partial charge is 0.323 e. The van der Waals surface area contributed by atoms with Crippen molar-refractivity contribution >= 4 is 29.0 Å². The van der Waals surface area contributed by atoms with Crippen molar-refractivity contribution in [2.45, 2.75) is 20.8 Å². The molecular weight excluding hydrogens is 428 g/mol. The van der Waals surface area contributed by atoms with Gasteiger partial charge in [-0.25, -0.2) is 9.48 Å². The van der Waals surface area contributed by atoms with E-state index in [1.165, 1.54) is 0 Å². The van der Waals surface area contributed by atoms with Crippen LogP contribution in [0.2, 0.25) is 5.02 Å². The van der Waals surface area contributed by atoms with Gasteiger partial charge in [0.25, 0.3) is 0 Å². The van der Waals surface area contributed by atoms with Gasteiger partial charge in [0, 0.05) is 28.2 Å². The lowest BCUT2D eigenvalue weighted by molar-refractivity contribution is 0.262. The summed E-state index contributed by atoms with van der Waals surface area (Å²) in [5, 5.41) is 18.9. The first-order valence-electron chi connectivity index (χ1n) is 9.87. The second-order valence-electron chi connectivity index (χ2n) is 7.15. The van der Waals surface area contributed by atoms with Gasteiger partial charge >= 0.3 is 6.03 Å². The molecule has 0 aliphatic carbocycles. The van der Waals surface area contributed by atoms with Crippen LogP contribution in [0.25, 0.3) is 5.82 Å². The fourth-order valence-corrected chi connectivity index (χ4v) is 3.20. The first-order valence-corrected chi connectivity index (χ1v) is 10.3. The van der Waals surface area contributed by atoms with Crippen molar-refractivity contribution in [1.82, 2.24) is 20.0 Å². The lowest BCUT2D eigenvalue weighted by Gasteiger charge is -2.09. The number of hydrogen-bond donors (Lipinski definition) is 2. The molecule has 2 aromatic heterocycles. The molecule has 0 fully saturated rings. The van der Waals surface area contributed by atoms with E-state index in [4.69, 9.17) is 16.3 Å². The number of aromatic nitrogens is 4. The Morgan fingerprint density at radius 1 is 0.938 bits per heavy atom. The maximum atomic E-state index is 12.1. The summed E-state index contributed by atoms with van der Waals surface area (Å²) in [6.45, 7) is 5.98. The Morgan fingerprint density at radius 3 is 2.31 bits per heavy atom. The predicted octanol–water partition coefficient (Wildman–Crippen LogP) is 5.68. The number of hydrogen-bond acceptors (Lipinski definition) is 5. The Balaban J connectivity index is 1.37. The normalized spacial score (nSPS) is 10.6. The largest absolute Gasteiger partial charge is 0.438 e. The maximum absolute atomic E-state index is 12.1. The number of nitrogens with one attached hydrogen (secondary N) is 2. The molecule has 0 unspecified atom stereocenters. The third kappa shape index (κ3) is 4.87. The summed E-state index contributed by atoms with van der Waals surface area (Å²) in [6, 6.07) is 17.0. The Labute approximate surface area is 190 Å². The van der Waals surface area contributed by atoms with Gasteiger partial charge in [0.2, 0.25) is 5.88 Å². The van der Waals surface area contributed by atoms with E-state index < -0.39 is 0 Å². The van der Waals surface area contributed by atoms with Gasteiger partial charge in [-0.05, 0) is 74.9 Å². The average molecular weight is 449 g/mol. The van der Waals surface area contributed by atoms with Gasteiger partial charge < -0.3 is 15.4 Å². The van der Waals surface area contributed by atoms with Crippen LogP contribution in [0.5, 0.6) is 11.6 Å². The molecule has 4 rings (SSSR count). The molecule has 2 N–H and O–H groups in total. The van der Waals surface area contributed by atoms with E-state index in [1.807, 2.05) is 20.8 Å². The molecule has 0 saturated heterocycles. The van der Waals surface area contributed by atoms with Crippen LogP contribution < -0.4 is 15.4 Å². The second-order valence-corrected chi connectivity index (χ2v) is 7.59. The monoisotopic (exact) mass is 448 g/mol. The molecule has 0 spiro atoms. The highest BCUT2D eigenvalue weighted by Gasteiger charge is 2.11. The molecule has 0 aliphatic rings. The average Bonchev–Trinajstić information content (AvgIpc) is 3.03. The summed E-state index contributed by atoms with van der Waals surface area (Å²) in [6.07, 6.45) is 0. The molecule has 162 valence electrons. The molecule has 8 nitrogen and oxygen atoms in total. The quantitative estimate of drug-likeness (QED) is 0.409. The molecule has 0 radical (unpaired) electrons. The first kappa shape index (κ1) is 21.3. The molecule has 2 heterocycles. The number of ether oxygens (including phenoxy) is 1. The number of urea groups is 1. The van der Waals surface area contributed by atoms with Gasteiger partial charge in [0.1, 0.15) is 5.75 Å². The number of carbonyl (C=O) groups is 1.